The molecule has 0 aliphatic heterocycles. The van der Waals surface area contributed by atoms with Crippen LogP contribution in [-0.4, -0.2) is 50.9 Å². The number of benzene rings is 4. The molecular formula is C35H37BrClN3O5S. The van der Waals surface area contributed by atoms with Gasteiger partial charge in [-0.2, -0.15) is 0 Å². The van der Waals surface area contributed by atoms with Crippen LogP contribution in [0.2, 0.25) is 5.02 Å². The zero-order valence-electron chi connectivity index (χ0n) is 25.9. The summed E-state index contributed by atoms with van der Waals surface area (Å²) in [5.41, 5.74) is 1.85. The Morgan fingerprint density at radius 2 is 1.59 bits per heavy atom. The number of ether oxygens (including phenoxy) is 1. The second kappa shape index (κ2) is 16.1. The first kappa shape index (κ1) is 35.0. The predicted octanol–water partition coefficient (Wildman–Crippen LogP) is 6.86. The highest BCUT2D eigenvalue weighted by Gasteiger charge is 2.35. The van der Waals surface area contributed by atoms with E-state index in [0.29, 0.717) is 17.2 Å². The fourth-order valence-electron chi connectivity index (χ4n) is 4.82. The van der Waals surface area contributed by atoms with Crippen molar-refractivity contribution in [2.45, 2.75) is 50.2 Å². The molecule has 0 fully saturated rings. The third-order valence-corrected chi connectivity index (χ3v) is 10.1. The number of halogens is 2. The second-order valence-corrected chi connectivity index (χ2v) is 14.1. The van der Waals surface area contributed by atoms with Crippen LogP contribution in [0.4, 0.5) is 5.69 Å². The van der Waals surface area contributed by atoms with E-state index in [1.54, 1.807) is 30.3 Å². The molecule has 0 saturated carbocycles. The van der Waals surface area contributed by atoms with E-state index in [1.165, 1.54) is 30.2 Å². The smallest absolute Gasteiger partial charge is 0.264 e. The Hall–Kier alpha value is -3.86. The summed E-state index contributed by atoms with van der Waals surface area (Å²) in [6.07, 6.45) is 0.931. The summed E-state index contributed by atoms with van der Waals surface area (Å²) < 4.78 is 35.4. The summed E-state index contributed by atoms with van der Waals surface area (Å²) in [5, 5.41) is 3.34. The third-order valence-electron chi connectivity index (χ3n) is 7.56. The van der Waals surface area contributed by atoms with E-state index >= 15 is 0 Å². The van der Waals surface area contributed by atoms with Crippen molar-refractivity contribution in [1.82, 2.24) is 10.2 Å². The quantitative estimate of drug-likeness (QED) is 0.153. The third kappa shape index (κ3) is 9.11. The summed E-state index contributed by atoms with van der Waals surface area (Å²) in [7, 11) is -2.78. The van der Waals surface area contributed by atoms with Crippen molar-refractivity contribution in [1.29, 1.82) is 0 Å². The minimum absolute atomic E-state index is 0.0316. The van der Waals surface area contributed by atoms with Crippen molar-refractivity contribution in [3.05, 3.63) is 124 Å². The highest BCUT2D eigenvalue weighted by atomic mass is 79.9. The van der Waals surface area contributed by atoms with Crippen LogP contribution in [0.15, 0.2) is 112 Å². The molecule has 8 nitrogen and oxygen atoms in total. The lowest BCUT2D eigenvalue weighted by molar-refractivity contribution is -0.140. The van der Waals surface area contributed by atoms with E-state index in [0.717, 1.165) is 19.9 Å². The van der Waals surface area contributed by atoms with E-state index in [1.807, 2.05) is 68.4 Å². The lowest BCUT2D eigenvalue weighted by Crippen LogP contribution is -2.54. The number of nitrogens with zero attached hydrogens (tertiary/aromatic N) is 2. The largest absolute Gasteiger partial charge is 0.497 e. The molecule has 0 radical (unpaired) electrons. The van der Waals surface area contributed by atoms with Gasteiger partial charge >= 0.3 is 0 Å². The maximum absolute atomic E-state index is 14.5. The van der Waals surface area contributed by atoms with Gasteiger partial charge in [-0.25, -0.2) is 8.42 Å². The van der Waals surface area contributed by atoms with Gasteiger partial charge in [-0.15, -0.1) is 0 Å². The Morgan fingerprint density at radius 3 is 2.20 bits per heavy atom. The lowest BCUT2D eigenvalue weighted by atomic mass is 10.0. The Balaban J connectivity index is 1.80. The van der Waals surface area contributed by atoms with Crippen LogP contribution in [0.3, 0.4) is 0 Å². The molecule has 0 heterocycles. The Kier molecular flexibility index (Phi) is 12.3. The number of nitrogens with one attached hydrogen (secondary N) is 1. The topological polar surface area (TPSA) is 96.0 Å². The minimum atomic E-state index is -4.27. The first-order valence-electron chi connectivity index (χ1n) is 14.8. The van der Waals surface area contributed by atoms with Crippen LogP contribution < -0.4 is 14.4 Å². The molecule has 0 spiro atoms. The monoisotopic (exact) mass is 725 g/mol. The number of hydrogen-bond donors (Lipinski definition) is 1. The molecule has 46 heavy (non-hydrogen) atoms. The van der Waals surface area contributed by atoms with E-state index in [4.69, 9.17) is 16.3 Å². The number of carbonyl (C=O) groups is 2. The fourth-order valence-corrected chi connectivity index (χ4v) is 6.67. The number of rotatable bonds is 14. The summed E-state index contributed by atoms with van der Waals surface area (Å²) in [5.74, 6) is -0.391. The SMILES string of the molecule is CC[C@@H](C)NC(=O)[C@H](Cc1ccccc1)N(Cc1ccc(Br)cc1)C(=O)CN(c1cccc(Cl)c1)S(=O)(=O)c1ccc(OC)cc1. The van der Waals surface area contributed by atoms with Crippen molar-refractivity contribution >= 4 is 55.1 Å². The second-order valence-electron chi connectivity index (χ2n) is 10.8. The molecule has 2 atom stereocenters. The minimum Gasteiger partial charge on any atom is -0.497 e. The Bertz CT molecular complexity index is 1720. The number of sulfonamides is 1. The predicted molar refractivity (Wildman–Crippen MR) is 185 cm³/mol. The van der Waals surface area contributed by atoms with Crippen molar-refractivity contribution in [3.63, 3.8) is 0 Å². The molecule has 11 heteroatoms. The average molecular weight is 727 g/mol. The molecule has 4 rings (SSSR count). The number of carbonyl (C=O) groups excluding carboxylic acids is 2. The summed E-state index contributed by atoms with van der Waals surface area (Å²) >= 11 is 9.75. The first-order chi connectivity index (χ1) is 22.0. The molecule has 0 aliphatic carbocycles. The van der Waals surface area contributed by atoms with Crippen molar-refractivity contribution in [2.75, 3.05) is 18.0 Å². The van der Waals surface area contributed by atoms with Crippen molar-refractivity contribution < 1.29 is 22.7 Å². The molecule has 2 amide bonds. The summed E-state index contributed by atoms with van der Waals surface area (Å²) in [6.45, 7) is 3.37. The normalized spacial score (nSPS) is 12.5. The molecular weight excluding hydrogens is 690 g/mol. The van der Waals surface area contributed by atoms with Gasteiger partial charge in [-0.1, -0.05) is 83.0 Å². The Labute approximate surface area is 284 Å². The number of amides is 2. The maximum atomic E-state index is 14.5. The number of anilines is 1. The van der Waals surface area contributed by atoms with Crippen LogP contribution >= 0.6 is 27.5 Å². The number of methoxy groups -OCH3 is 1. The van der Waals surface area contributed by atoms with Gasteiger partial charge in [-0.05, 0) is 79.1 Å². The van der Waals surface area contributed by atoms with E-state index in [2.05, 4.69) is 21.2 Å². The summed E-state index contributed by atoms with van der Waals surface area (Å²) in [6, 6.07) is 28.1. The van der Waals surface area contributed by atoms with Crippen LogP contribution in [-0.2, 0) is 32.6 Å². The van der Waals surface area contributed by atoms with Gasteiger partial charge in [-0.3, -0.25) is 13.9 Å². The zero-order chi connectivity index (χ0) is 33.3. The van der Waals surface area contributed by atoms with Crippen LogP contribution in [0.25, 0.3) is 0 Å². The highest BCUT2D eigenvalue weighted by Crippen LogP contribution is 2.28. The average Bonchev–Trinajstić information content (AvgIpc) is 3.06. The van der Waals surface area contributed by atoms with Gasteiger partial charge in [0, 0.05) is 28.5 Å². The molecule has 0 unspecified atom stereocenters. The molecule has 4 aromatic carbocycles. The molecule has 1 N–H and O–H groups in total. The van der Waals surface area contributed by atoms with Crippen LogP contribution in [0.1, 0.15) is 31.4 Å². The van der Waals surface area contributed by atoms with Gasteiger partial charge < -0.3 is 15.0 Å². The van der Waals surface area contributed by atoms with E-state index in [9.17, 15) is 18.0 Å². The molecule has 0 aromatic heterocycles. The van der Waals surface area contributed by atoms with Gasteiger partial charge in [0.2, 0.25) is 11.8 Å². The van der Waals surface area contributed by atoms with Gasteiger partial charge in [0.15, 0.2) is 0 Å². The van der Waals surface area contributed by atoms with Crippen LogP contribution in [0.5, 0.6) is 5.75 Å². The molecule has 0 saturated heterocycles. The van der Waals surface area contributed by atoms with Gasteiger partial charge in [0.05, 0.1) is 17.7 Å². The van der Waals surface area contributed by atoms with E-state index in [-0.39, 0.29) is 35.5 Å². The van der Waals surface area contributed by atoms with Crippen LogP contribution in [0, 0.1) is 0 Å². The molecule has 242 valence electrons. The highest BCUT2D eigenvalue weighted by molar-refractivity contribution is 9.10. The van der Waals surface area contributed by atoms with Crippen molar-refractivity contribution in [2.24, 2.45) is 0 Å². The number of hydrogen-bond acceptors (Lipinski definition) is 5. The standard InChI is InChI=1S/C35H37BrClN3O5S/c1-4-25(2)38-35(42)33(21-26-9-6-5-7-10-26)39(23-27-13-15-28(36)16-14-27)34(41)24-40(30-12-8-11-29(37)22-30)46(43,44)32-19-17-31(45-3)18-20-32/h5-20,22,25,33H,4,21,23-24H2,1-3H3,(H,38,42)/t25-,33+/m1/s1. The molecule has 0 bridgehead atoms. The molecule has 4 aromatic rings. The maximum Gasteiger partial charge on any atom is 0.264 e. The Morgan fingerprint density at radius 1 is 0.913 bits per heavy atom. The van der Waals surface area contributed by atoms with E-state index < -0.39 is 28.5 Å². The van der Waals surface area contributed by atoms with Gasteiger partial charge in [0.25, 0.3) is 10.0 Å². The van der Waals surface area contributed by atoms with Crippen molar-refractivity contribution in [3.8, 4) is 5.75 Å². The summed E-state index contributed by atoms with van der Waals surface area (Å²) in [4.78, 5) is 29.9. The molecule has 0 aliphatic rings. The van der Waals surface area contributed by atoms with Gasteiger partial charge in [0.1, 0.15) is 18.3 Å². The first-order valence-corrected chi connectivity index (χ1v) is 17.4. The zero-order valence-corrected chi connectivity index (χ0v) is 29.1. The lowest BCUT2D eigenvalue weighted by Gasteiger charge is -2.34. The fraction of sp³-hybridized carbons (Fsp3) is 0.257.